The molecule has 16 heavy (non-hydrogen) atoms. The van der Waals surface area contributed by atoms with Crippen molar-refractivity contribution in [2.24, 2.45) is 5.10 Å². The Labute approximate surface area is 93.8 Å². The van der Waals surface area contributed by atoms with Gasteiger partial charge in [-0.2, -0.15) is 8.42 Å². The van der Waals surface area contributed by atoms with Crippen LogP contribution in [0.1, 0.15) is 19.8 Å². The second-order valence-corrected chi connectivity index (χ2v) is 4.83. The predicted molar refractivity (Wildman–Crippen MR) is 56.4 cm³/mol. The third kappa shape index (κ3) is 4.15. The Morgan fingerprint density at radius 1 is 1.56 bits per heavy atom. The average molecular weight is 250 g/mol. The van der Waals surface area contributed by atoms with Crippen LogP contribution in [0.3, 0.4) is 0 Å². The first kappa shape index (κ1) is 12.9. The lowest BCUT2D eigenvalue weighted by molar-refractivity contribution is -0.128. The fourth-order valence-electron chi connectivity index (χ4n) is 1.26. The molecule has 1 heterocycles. The van der Waals surface area contributed by atoms with E-state index >= 15 is 0 Å². The molecular formula is C8H14N2O5S. The summed E-state index contributed by atoms with van der Waals surface area (Å²) >= 11 is 0. The van der Waals surface area contributed by atoms with Crippen molar-refractivity contribution < 1.29 is 22.5 Å². The first-order valence-electron chi connectivity index (χ1n) is 4.88. The van der Waals surface area contributed by atoms with Crippen LogP contribution in [0.15, 0.2) is 5.10 Å². The lowest BCUT2D eigenvalue weighted by Crippen LogP contribution is -2.23. The zero-order chi connectivity index (χ0) is 12.2. The van der Waals surface area contributed by atoms with Gasteiger partial charge in [0, 0.05) is 6.54 Å². The number of amides is 1. The summed E-state index contributed by atoms with van der Waals surface area (Å²) in [6.45, 7) is 2.38. The first-order valence-corrected chi connectivity index (χ1v) is 6.49. The SMILES string of the molecule is CCOC1=NN(CCCS(=O)(=O)O)C(=O)C1. The third-order valence-electron chi connectivity index (χ3n) is 1.91. The van der Waals surface area contributed by atoms with Crippen LogP contribution in [0.2, 0.25) is 0 Å². The van der Waals surface area contributed by atoms with Crippen LogP contribution in [0.4, 0.5) is 0 Å². The predicted octanol–water partition coefficient (Wildman–Crippen LogP) is -0.153. The second kappa shape index (κ2) is 5.26. The van der Waals surface area contributed by atoms with E-state index in [0.717, 1.165) is 5.01 Å². The molecule has 0 saturated heterocycles. The molecule has 1 amide bonds. The van der Waals surface area contributed by atoms with Crippen molar-refractivity contribution >= 4 is 21.9 Å². The number of hydrogen-bond donors (Lipinski definition) is 1. The molecule has 92 valence electrons. The van der Waals surface area contributed by atoms with Gasteiger partial charge in [0.1, 0.15) is 6.42 Å². The van der Waals surface area contributed by atoms with Gasteiger partial charge in [0.2, 0.25) is 5.90 Å². The summed E-state index contributed by atoms with van der Waals surface area (Å²) in [7, 11) is -3.97. The monoisotopic (exact) mass is 250 g/mol. The van der Waals surface area contributed by atoms with E-state index in [-0.39, 0.29) is 31.0 Å². The molecular weight excluding hydrogens is 236 g/mol. The number of carbonyl (C=O) groups excluding carboxylic acids is 1. The van der Waals surface area contributed by atoms with E-state index in [4.69, 9.17) is 9.29 Å². The van der Waals surface area contributed by atoms with E-state index in [2.05, 4.69) is 5.10 Å². The molecule has 0 radical (unpaired) electrons. The lowest BCUT2D eigenvalue weighted by atomic mass is 10.4. The Morgan fingerprint density at radius 2 is 2.25 bits per heavy atom. The summed E-state index contributed by atoms with van der Waals surface area (Å²) < 4.78 is 34.5. The second-order valence-electron chi connectivity index (χ2n) is 3.26. The van der Waals surface area contributed by atoms with Gasteiger partial charge >= 0.3 is 0 Å². The first-order chi connectivity index (χ1) is 7.42. The highest BCUT2D eigenvalue weighted by Crippen LogP contribution is 2.09. The van der Waals surface area contributed by atoms with Crippen LogP contribution in [0.25, 0.3) is 0 Å². The summed E-state index contributed by atoms with van der Waals surface area (Å²) in [6, 6.07) is 0. The molecule has 0 aromatic rings. The van der Waals surface area contributed by atoms with Crippen molar-refractivity contribution in [2.75, 3.05) is 18.9 Å². The fourth-order valence-corrected chi connectivity index (χ4v) is 1.76. The maximum absolute atomic E-state index is 11.3. The van der Waals surface area contributed by atoms with Crippen LogP contribution in [-0.4, -0.2) is 48.7 Å². The molecule has 0 bridgehead atoms. The van der Waals surface area contributed by atoms with Gasteiger partial charge in [0.25, 0.3) is 16.0 Å². The van der Waals surface area contributed by atoms with E-state index in [1.54, 1.807) is 6.92 Å². The maximum atomic E-state index is 11.3. The molecule has 0 spiro atoms. The van der Waals surface area contributed by atoms with Crippen LogP contribution in [-0.2, 0) is 19.6 Å². The van der Waals surface area contributed by atoms with E-state index < -0.39 is 10.1 Å². The molecule has 0 aromatic heterocycles. The summed E-state index contributed by atoms with van der Waals surface area (Å²) in [5.74, 6) is -0.255. The molecule has 0 fully saturated rings. The van der Waals surface area contributed by atoms with Gasteiger partial charge < -0.3 is 4.74 Å². The third-order valence-corrected chi connectivity index (χ3v) is 2.71. The largest absolute Gasteiger partial charge is 0.480 e. The van der Waals surface area contributed by atoms with Crippen LogP contribution >= 0.6 is 0 Å². The number of ether oxygens (including phenoxy) is 1. The highest BCUT2D eigenvalue weighted by atomic mass is 32.2. The van der Waals surface area contributed by atoms with Gasteiger partial charge in [0.05, 0.1) is 12.4 Å². The summed E-state index contributed by atoms with van der Waals surface area (Å²) in [5.41, 5.74) is 0. The molecule has 1 aliphatic rings. The smallest absolute Gasteiger partial charge is 0.264 e. The highest BCUT2D eigenvalue weighted by molar-refractivity contribution is 7.85. The van der Waals surface area contributed by atoms with Gasteiger partial charge in [-0.3, -0.25) is 9.35 Å². The summed E-state index contributed by atoms with van der Waals surface area (Å²) in [6.07, 6.45) is 0.257. The number of rotatable bonds is 5. The number of nitrogens with zero attached hydrogens (tertiary/aromatic N) is 2. The molecule has 8 heteroatoms. The number of carbonyl (C=O) groups is 1. The minimum atomic E-state index is -3.97. The Kier molecular flexibility index (Phi) is 4.25. The Morgan fingerprint density at radius 3 is 2.81 bits per heavy atom. The molecule has 0 aromatic carbocycles. The van der Waals surface area contributed by atoms with Gasteiger partial charge in [-0.15, -0.1) is 5.10 Å². The van der Waals surface area contributed by atoms with E-state index in [9.17, 15) is 13.2 Å². The van der Waals surface area contributed by atoms with Crippen LogP contribution in [0.5, 0.6) is 0 Å². The zero-order valence-corrected chi connectivity index (χ0v) is 9.73. The molecule has 0 saturated carbocycles. The number of hydrazone groups is 1. The molecule has 7 nitrogen and oxygen atoms in total. The van der Waals surface area contributed by atoms with Gasteiger partial charge in [-0.25, -0.2) is 5.01 Å². The zero-order valence-electron chi connectivity index (χ0n) is 8.92. The topological polar surface area (TPSA) is 96.3 Å². The lowest BCUT2D eigenvalue weighted by Gasteiger charge is -2.09. The standard InChI is InChI=1S/C8H14N2O5S/c1-2-15-7-6-8(11)10(9-7)4-3-5-16(12,13)14/h2-6H2,1H3,(H,12,13,14). The maximum Gasteiger partial charge on any atom is 0.264 e. The summed E-state index contributed by atoms with van der Waals surface area (Å²) in [5, 5.41) is 5.04. The van der Waals surface area contributed by atoms with Gasteiger partial charge in [-0.1, -0.05) is 0 Å². The number of hydrogen-bond acceptors (Lipinski definition) is 5. The molecule has 1 rings (SSSR count). The van der Waals surface area contributed by atoms with Crippen molar-refractivity contribution in [2.45, 2.75) is 19.8 Å². The van der Waals surface area contributed by atoms with Gasteiger partial charge in [0.15, 0.2) is 0 Å². The molecule has 1 N–H and O–H groups in total. The van der Waals surface area contributed by atoms with Crippen molar-refractivity contribution in [3.8, 4) is 0 Å². The Balaban J connectivity index is 2.40. The van der Waals surface area contributed by atoms with Crippen LogP contribution < -0.4 is 0 Å². The normalized spacial score (nSPS) is 16.5. The molecule has 0 atom stereocenters. The quantitative estimate of drug-likeness (QED) is 0.684. The average Bonchev–Trinajstić information content (AvgIpc) is 2.45. The minimum absolute atomic E-state index is 0.111. The van der Waals surface area contributed by atoms with E-state index in [0.29, 0.717) is 12.5 Å². The van der Waals surface area contributed by atoms with Crippen molar-refractivity contribution in [3.63, 3.8) is 0 Å². The van der Waals surface area contributed by atoms with E-state index in [1.165, 1.54) is 0 Å². The highest BCUT2D eigenvalue weighted by Gasteiger charge is 2.24. The molecule has 1 aliphatic heterocycles. The molecule has 0 aliphatic carbocycles. The molecule has 0 unspecified atom stereocenters. The Bertz CT molecular complexity index is 389. The van der Waals surface area contributed by atoms with Crippen molar-refractivity contribution in [1.29, 1.82) is 0 Å². The summed E-state index contributed by atoms with van der Waals surface area (Å²) in [4.78, 5) is 11.3. The Hall–Kier alpha value is -1.15. The minimum Gasteiger partial charge on any atom is -0.480 e. The van der Waals surface area contributed by atoms with E-state index in [1.807, 2.05) is 0 Å². The van der Waals surface area contributed by atoms with Gasteiger partial charge in [-0.05, 0) is 13.3 Å². The van der Waals surface area contributed by atoms with Crippen molar-refractivity contribution in [3.05, 3.63) is 0 Å². The van der Waals surface area contributed by atoms with Crippen molar-refractivity contribution in [1.82, 2.24) is 5.01 Å². The fraction of sp³-hybridized carbons (Fsp3) is 0.750. The van der Waals surface area contributed by atoms with Crippen LogP contribution in [0, 0.1) is 0 Å².